The zero-order valence-electron chi connectivity index (χ0n) is 12.2. The Morgan fingerprint density at radius 3 is 2.41 bits per heavy atom. The predicted octanol–water partition coefficient (Wildman–Crippen LogP) is 1.68. The molecule has 0 bridgehead atoms. The van der Waals surface area contributed by atoms with Crippen molar-refractivity contribution in [2.75, 3.05) is 33.7 Å². The quantitative estimate of drug-likeness (QED) is 0.386. The summed E-state index contributed by atoms with van der Waals surface area (Å²) >= 11 is 0. The van der Waals surface area contributed by atoms with E-state index in [1.165, 1.54) is 19.3 Å². The van der Waals surface area contributed by atoms with Gasteiger partial charge in [-0.05, 0) is 26.8 Å². The second kappa shape index (κ2) is 10.4. The van der Waals surface area contributed by atoms with Crippen molar-refractivity contribution in [2.45, 2.75) is 46.1 Å². The van der Waals surface area contributed by atoms with Crippen LogP contribution in [-0.4, -0.2) is 50.6 Å². The molecule has 4 nitrogen and oxygen atoms in total. The maximum absolute atomic E-state index is 4.20. The predicted molar refractivity (Wildman–Crippen MR) is 76.7 cm³/mol. The molecule has 2 N–H and O–H groups in total. The van der Waals surface area contributed by atoms with Crippen LogP contribution in [0.25, 0.3) is 0 Å². The van der Waals surface area contributed by atoms with Gasteiger partial charge >= 0.3 is 0 Å². The largest absolute Gasteiger partial charge is 0.356 e. The van der Waals surface area contributed by atoms with E-state index < -0.39 is 0 Å². The normalized spacial score (nSPS) is 13.9. The van der Waals surface area contributed by atoms with E-state index in [4.69, 9.17) is 0 Å². The van der Waals surface area contributed by atoms with Crippen LogP contribution >= 0.6 is 0 Å². The average Bonchev–Trinajstić information content (AvgIpc) is 2.35. The smallest absolute Gasteiger partial charge is 0.191 e. The fourth-order valence-corrected chi connectivity index (χ4v) is 1.49. The molecule has 1 atom stereocenters. The first-order valence-electron chi connectivity index (χ1n) is 6.80. The highest BCUT2D eigenvalue weighted by molar-refractivity contribution is 5.79. The van der Waals surface area contributed by atoms with Gasteiger partial charge in [-0.1, -0.05) is 20.3 Å². The molecule has 0 rings (SSSR count). The van der Waals surface area contributed by atoms with E-state index in [1.54, 1.807) is 0 Å². The Bertz CT molecular complexity index is 204. The summed E-state index contributed by atoms with van der Waals surface area (Å²) in [5.74, 6) is 0.913. The van der Waals surface area contributed by atoms with E-state index in [9.17, 15) is 0 Å². The summed E-state index contributed by atoms with van der Waals surface area (Å²) in [5.41, 5.74) is 0. The molecule has 0 aromatic heterocycles. The fraction of sp³-hybridized carbons (Fsp3) is 0.923. The highest BCUT2D eigenvalue weighted by Gasteiger charge is 2.05. The van der Waals surface area contributed by atoms with Crippen LogP contribution in [0.1, 0.15) is 40.0 Å². The number of nitrogens with zero attached hydrogens (tertiary/aromatic N) is 2. The molecule has 4 heteroatoms. The van der Waals surface area contributed by atoms with Crippen LogP contribution in [0, 0.1) is 0 Å². The summed E-state index contributed by atoms with van der Waals surface area (Å²) in [6.07, 6.45) is 3.59. The third-order valence-corrected chi connectivity index (χ3v) is 3.15. The molecule has 1 unspecified atom stereocenters. The van der Waals surface area contributed by atoms with Gasteiger partial charge in [0.25, 0.3) is 0 Å². The van der Waals surface area contributed by atoms with Crippen molar-refractivity contribution in [1.29, 1.82) is 0 Å². The third-order valence-electron chi connectivity index (χ3n) is 3.15. The lowest BCUT2D eigenvalue weighted by atomic mass is 10.2. The summed E-state index contributed by atoms with van der Waals surface area (Å²) in [6, 6.07) is 0.645. The van der Waals surface area contributed by atoms with Gasteiger partial charge < -0.3 is 15.5 Å². The van der Waals surface area contributed by atoms with Gasteiger partial charge in [0.15, 0.2) is 5.96 Å². The molecule has 0 aromatic carbocycles. The number of rotatable bonds is 8. The van der Waals surface area contributed by atoms with Crippen molar-refractivity contribution in [1.82, 2.24) is 15.5 Å². The minimum Gasteiger partial charge on any atom is -0.356 e. The topological polar surface area (TPSA) is 39.7 Å². The lowest BCUT2D eigenvalue weighted by molar-refractivity contribution is 0.255. The Morgan fingerprint density at radius 1 is 1.24 bits per heavy atom. The zero-order valence-corrected chi connectivity index (χ0v) is 12.2. The standard InChI is InChI=1S/C13H30N4/c1-6-8-9-15-13(14-4)16-10-11-17(5)12(3)7-2/h12H,6-11H2,1-5H3,(H2,14,15,16). The highest BCUT2D eigenvalue weighted by atomic mass is 15.2. The van der Waals surface area contributed by atoms with Crippen molar-refractivity contribution in [3.05, 3.63) is 0 Å². The number of hydrogen-bond donors (Lipinski definition) is 2. The number of likely N-dealkylation sites (N-methyl/N-ethyl adjacent to an activating group) is 1. The van der Waals surface area contributed by atoms with E-state index in [0.717, 1.165) is 25.6 Å². The molecule has 102 valence electrons. The van der Waals surface area contributed by atoms with Gasteiger partial charge in [0.1, 0.15) is 0 Å². The molecule has 17 heavy (non-hydrogen) atoms. The summed E-state index contributed by atoms with van der Waals surface area (Å²) in [4.78, 5) is 6.57. The van der Waals surface area contributed by atoms with Crippen molar-refractivity contribution in [3.63, 3.8) is 0 Å². The number of nitrogens with one attached hydrogen (secondary N) is 2. The van der Waals surface area contributed by atoms with E-state index in [-0.39, 0.29) is 0 Å². The molecular weight excluding hydrogens is 212 g/mol. The Hall–Kier alpha value is -0.770. The van der Waals surface area contributed by atoms with E-state index in [0.29, 0.717) is 6.04 Å². The Kier molecular flexibility index (Phi) is 9.92. The second-order valence-corrected chi connectivity index (χ2v) is 4.52. The van der Waals surface area contributed by atoms with Crippen LogP contribution in [0.4, 0.5) is 0 Å². The van der Waals surface area contributed by atoms with Crippen LogP contribution in [0.3, 0.4) is 0 Å². The molecule has 0 aliphatic carbocycles. The maximum Gasteiger partial charge on any atom is 0.191 e. The third kappa shape index (κ3) is 8.02. The van der Waals surface area contributed by atoms with E-state index in [1.807, 2.05) is 7.05 Å². The number of unbranched alkanes of at least 4 members (excludes halogenated alkanes) is 1. The molecule has 0 saturated heterocycles. The monoisotopic (exact) mass is 242 g/mol. The van der Waals surface area contributed by atoms with Crippen LogP contribution < -0.4 is 10.6 Å². The SMILES string of the molecule is CCCCNC(=NC)NCCN(C)C(C)CC. The first-order chi connectivity index (χ1) is 8.15. The van der Waals surface area contributed by atoms with Gasteiger partial charge in [-0.15, -0.1) is 0 Å². The molecule has 0 radical (unpaired) electrons. The van der Waals surface area contributed by atoms with Crippen molar-refractivity contribution in [3.8, 4) is 0 Å². The lowest BCUT2D eigenvalue weighted by Crippen LogP contribution is -2.42. The molecule has 0 spiro atoms. The summed E-state index contributed by atoms with van der Waals surface area (Å²) in [6.45, 7) is 9.65. The van der Waals surface area contributed by atoms with Gasteiger partial charge in [0, 0.05) is 32.7 Å². The molecule has 0 aliphatic rings. The number of aliphatic imine (C=N–C) groups is 1. The highest BCUT2D eigenvalue weighted by Crippen LogP contribution is 1.97. The number of guanidine groups is 1. The average molecular weight is 242 g/mol. The summed E-state index contributed by atoms with van der Waals surface area (Å²) < 4.78 is 0. The molecule has 0 saturated carbocycles. The molecule has 0 fully saturated rings. The summed E-state index contributed by atoms with van der Waals surface area (Å²) in [5, 5.41) is 6.64. The van der Waals surface area contributed by atoms with Crippen LogP contribution in [0.5, 0.6) is 0 Å². The van der Waals surface area contributed by atoms with Crippen molar-refractivity contribution < 1.29 is 0 Å². The summed E-state index contributed by atoms with van der Waals surface area (Å²) in [7, 11) is 3.99. The van der Waals surface area contributed by atoms with Gasteiger partial charge in [0.2, 0.25) is 0 Å². The maximum atomic E-state index is 4.20. The Balaban J connectivity index is 3.70. The minimum absolute atomic E-state index is 0.645. The molecule has 0 aliphatic heterocycles. The zero-order chi connectivity index (χ0) is 13.1. The van der Waals surface area contributed by atoms with Gasteiger partial charge in [-0.2, -0.15) is 0 Å². The molecule has 0 aromatic rings. The van der Waals surface area contributed by atoms with Crippen LogP contribution in [-0.2, 0) is 0 Å². The first-order valence-corrected chi connectivity index (χ1v) is 6.80. The van der Waals surface area contributed by atoms with Crippen molar-refractivity contribution >= 4 is 5.96 Å². The number of hydrogen-bond acceptors (Lipinski definition) is 2. The molecule has 0 heterocycles. The van der Waals surface area contributed by atoms with Gasteiger partial charge in [0.05, 0.1) is 0 Å². The van der Waals surface area contributed by atoms with Crippen molar-refractivity contribution in [2.24, 2.45) is 4.99 Å². The minimum atomic E-state index is 0.645. The van der Waals surface area contributed by atoms with Crippen LogP contribution in [0.2, 0.25) is 0 Å². The Labute approximate surface area is 107 Å². The molecule has 0 amide bonds. The van der Waals surface area contributed by atoms with Crippen LogP contribution in [0.15, 0.2) is 4.99 Å². The lowest BCUT2D eigenvalue weighted by Gasteiger charge is -2.23. The van der Waals surface area contributed by atoms with Gasteiger partial charge in [-0.3, -0.25) is 4.99 Å². The van der Waals surface area contributed by atoms with E-state index >= 15 is 0 Å². The van der Waals surface area contributed by atoms with Gasteiger partial charge in [-0.25, -0.2) is 0 Å². The van der Waals surface area contributed by atoms with E-state index in [2.05, 4.69) is 48.3 Å². The Morgan fingerprint density at radius 2 is 1.88 bits per heavy atom. The second-order valence-electron chi connectivity index (χ2n) is 4.52. The molecular formula is C13H30N4. The first kappa shape index (κ1) is 16.2. The fourth-order valence-electron chi connectivity index (χ4n) is 1.49.